The Bertz CT molecular complexity index is 718. The molecule has 0 amide bonds. The van der Waals surface area contributed by atoms with Crippen molar-refractivity contribution in [1.82, 2.24) is 4.90 Å². The van der Waals surface area contributed by atoms with E-state index in [0.29, 0.717) is 55.4 Å². The van der Waals surface area contributed by atoms with Crippen LogP contribution in [0.1, 0.15) is 78.6 Å². The van der Waals surface area contributed by atoms with Crippen molar-refractivity contribution in [1.29, 1.82) is 0 Å². The first kappa shape index (κ1) is 24.3. The van der Waals surface area contributed by atoms with Crippen molar-refractivity contribution in [2.45, 2.75) is 96.7 Å². The van der Waals surface area contributed by atoms with Crippen LogP contribution >= 0.6 is 0 Å². The first-order valence-electron chi connectivity index (χ1n) is 12.9. The van der Waals surface area contributed by atoms with E-state index in [1.165, 1.54) is 25.7 Å². The number of rotatable bonds is 5. The molecule has 0 unspecified atom stereocenters. The summed E-state index contributed by atoms with van der Waals surface area (Å²) in [6.07, 6.45) is 12.2. The Morgan fingerprint density at radius 3 is 2.53 bits per heavy atom. The highest BCUT2D eigenvalue weighted by Crippen LogP contribution is 2.59. The predicted molar refractivity (Wildman–Crippen MR) is 125 cm³/mol. The summed E-state index contributed by atoms with van der Waals surface area (Å²) in [5.74, 6) is -1.29. The summed E-state index contributed by atoms with van der Waals surface area (Å²) < 4.78 is 27.5. The average molecular weight is 452 g/mol. The average Bonchev–Trinajstić information content (AvgIpc) is 3.29. The maximum atomic E-state index is 13.7. The molecule has 1 heterocycles. The molecule has 0 aromatic rings. The van der Waals surface area contributed by atoms with Crippen LogP contribution in [0.5, 0.6) is 0 Å². The number of fused-ring (bicyclic) bond motifs is 1. The number of allylic oxidation sites excluding steroid dienone is 3. The molecule has 32 heavy (non-hydrogen) atoms. The van der Waals surface area contributed by atoms with Crippen LogP contribution in [0.15, 0.2) is 23.3 Å². The monoisotopic (exact) mass is 451 g/mol. The van der Waals surface area contributed by atoms with Gasteiger partial charge in [0.05, 0.1) is 12.2 Å². The van der Waals surface area contributed by atoms with Gasteiger partial charge in [-0.1, -0.05) is 37.1 Å². The van der Waals surface area contributed by atoms with Crippen molar-refractivity contribution in [2.24, 2.45) is 29.1 Å². The van der Waals surface area contributed by atoms with Gasteiger partial charge in [0, 0.05) is 19.0 Å². The van der Waals surface area contributed by atoms with E-state index in [-0.39, 0.29) is 0 Å². The Kier molecular flexibility index (Phi) is 7.20. The number of likely N-dealkylation sites (tertiary alicyclic amines) is 1. The molecule has 4 aliphatic rings. The number of alkyl halides is 2. The molecule has 5 heteroatoms. The predicted octanol–water partition coefficient (Wildman–Crippen LogP) is 5.57. The van der Waals surface area contributed by atoms with Gasteiger partial charge in [0.2, 0.25) is 5.92 Å². The second kappa shape index (κ2) is 9.46. The van der Waals surface area contributed by atoms with E-state index >= 15 is 0 Å². The lowest BCUT2D eigenvalue weighted by Gasteiger charge is -2.45. The number of nitrogens with zero attached hydrogens (tertiary/aromatic N) is 1. The van der Waals surface area contributed by atoms with Crippen LogP contribution in [0.3, 0.4) is 0 Å². The van der Waals surface area contributed by atoms with E-state index in [2.05, 4.69) is 30.9 Å². The Morgan fingerprint density at radius 2 is 1.88 bits per heavy atom. The normalized spacial score (nSPS) is 42.5. The molecule has 0 bridgehead atoms. The van der Waals surface area contributed by atoms with Gasteiger partial charge in [0.1, 0.15) is 0 Å². The second-order valence-corrected chi connectivity index (χ2v) is 11.8. The van der Waals surface area contributed by atoms with E-state index in [4.69, 9.17) is 0 Å². The molecule has 4 rings (SSSR count). The third-order valence-electron chi connectivity index (χ3n) is 9.33. The van der Waals surface area contributed by atoms with Crippen LogP contribution in [0, 0.1) is 29.1 Å². The maximum Gasteiger partial charge on any atom is 0.249 e. The van der Waals surface area contributed by atoms with Crippen LogP contribution in [-0.2, 0) is 0 Å². The standard InChI is InChI=1S/C27H43F2NO2/c1-18(16-30-12-10-21(17-30)27(3,28)29)24-8-9-25-20(5-4-11-26(24,25)2)7-6-19-13-22(31)15-23(32)14-19/h6-7,18,21-25,31-32H,4-5,8-17H2,1-3H3/b19-6-,20-7+/t18-,21-,22+,23-,24+,25-,26+/m0/s1. The van der Waals surface area contributed by atoms with Gasteiger partial charge in [-0.05, 0) is 94.4 Å². The highest BCUT2D eigenvalue weighted by molar-refractivity contribution is 5.26. The zero-order valence-electron chi connectivity index (χ0n) is 20.2. The van der Waals surface area contributed by atoms with E-state index in [9.17, 15) is 19.0 Å². The van der Waals surface area contributed by atoms with Crippen molar-refractivity contribution in [3.8, 4) is 0 Å². The van der Waals surface area contributed by atoms with Gasteiger partial charge in [-0.15, -0.1) is 0 Å². The summed E-state index contributed by atoms with van der Waals surface area (Å²) in [7, 11) is 0. The fourth-order valence-electron chi connectivity index (χ4n) is 7.69. The number of hydrogen-bond donors (Lipinski definition) is 2. The van der Waals surface area contributed by atoms with Gasteiger partial charge in [-0.3, -0.25) is 0 Å². The largest absolute Gasteiger partial charge is 0.393 e. The molecule has 3 aliphatic carbocycles. The zero-order valence-corrected chi connectivity index (χ0v) is 20.2. The number of hydrogen-bond acceptors (Lipinski definition) is 3. The third kappa shape index (κ3) is 5.15. The van der Waals surface area contributed by atoms with Crippen molar-refractivity contribution in [3.05, 3.63) is 23.3 Å². The lowest BCUT2D eigenvalue weighted by atomic mass is 9.61. The summed E-state index contributed by atoms with van der Waals surface area (Å²) in [6, 6.07) is 0. The quantitative estimate of drug-likeness (QED) is 0.574. The van der Waals surface area contributed by atoms with E-state index in [0.717, 1.165) is 32.0 Å². The molecule has 182 valence electrons. The lowest BCUT2D eigenvalue weighted by Crippen LogP contribution is -2.40. The first-order valence-corrected chi connectivity index (χ1v) is 12.9. The van der Waals surface area contributed by atoms with Crippen molar-refractivity contribution < 1.29 is 19.0 Å². The number of aliphatic hydroxyl groups excluding tert-OH is 2. The van der Waals surface area contributed by atoms with Crippen LogP contribution in [0.25, 0.3) is 0 Å². The Balaban J connectivity index is 1.41. The summed E-state index contributed by atoms with van der Waals surface area (Å²) in [6.45, 7) is 8.19. The lowest BCUT2D eigenvalue weighted by molar-refractivity contribution is -0.0360. The van der Waals surface area contributed by atoms with Gasteiger partial charge < -0.3 is 15.1 Å². The third-order valence-corrected chi connectivity index (χ3v) is 9.33. The molecule has 4 fully saturated rings. The molecule has 0 spiro atoms. The van der Waals surface area contributed by atoms with Crippen LogP contribution in [0.2, 0.25) is 0 Å². The van der Waals surface area contributed by atoms with Crippen molar-refractivity contribution >= 4 is 0 Å². The molecule has 2 N–H and O–H groups in total. The van der Waals surface area contributed by atoms with Gasteiger partial charge in [0.25, 0.3) is 0 Å². The van der Waals surface area contributed by atoms with Crippen LogP contribution < -0.4 is 0 Å². The summed E-state index contributed by atoms with van der Waals surface area (Å²) in [4.78, 5) is 2.28. The SMILES string of the molecule is C[C@@H](CN1CC[C@H](C(C)(F)F)C1)[C@H]1CC[C@H]2/C(=C/C=C3/C[C@@H](O)C[C@@H](O)C3)CCC[C@]12C. The van der Waals surface area contributed by atoms with Crippen LogP contribution in [-0.4, -0.2) is 52.9 Å². The van der Waals surface area contributed by atoms with Crippen molar-refractivity contribution in [3.63, 3.8) is 0 Å². The molecule has 0 aromatic heterocycles. The number of halogens is 2. The van der Waals surface area contributed by atoms with Gasteiger partial charge in [-0.2, -0.15) is 0 Å². The van der Waals surface area contributed by atoms with Gasteiger partial charge in [-0.25, -0.2) is 8.78 Å². The highest BCUT2D eigenvalue weighted by atomic mass is 19.3. The molecule has 3 nitrogen and oxygen atoms in total. The van der Waals surface area contributed by atoms with E-state index < -0.39 is 24.0 Å². The molecule has 7 atom stereocenters. The molecule has 0 radical (unpaired) electrons. The molecule has 0 aromatic carbocycles. The zero-order chi connectivity index (χ0) is 23.1. The Hall–Kier alpha value is -0.780. The smallest absolute Gasteiger partial charge is 0.249 e. The fraction of sp³-hybridized carbons (Fsp3) is 0.852. The second-order valence-electron chi connectivity index (χ2n) is 11.8. The minimum absolute atomic E-state index is 0.293. The molecule has 1 aliphatic heterocycles. The fourth-order valence-corrected chi connectivity index (χ4v) is 7.69. The summed E-state index contributed by atoms with van der Waals surface area (Å²) in [5, 5.41) is 20.0. The van der Waals surface area contributed by atoms with Gasteiger partial charge >= 0.3 is 0 Å². The minimum atomic E-state index is -2.57. The molecular formula is C27H43F2NO2. The van der Waals surface area contributed by atoms with Crippen molar-refractivity contribution in [2.75, 3.05) is 19.6 Å². The first-order chi connectivity index (χ1) is 15.1. The molecule has 1 saturated heterocycles. The van der Waals surface area contributed by atoms with Gasteiger partial charge in [0.15, 0.2) is 0 Å². The minimum Gasteiger partial charge on any atom is -0.393 e. The Labute approximate surface area is 193 Å². The topological polar surface area (TPSA) is 43.7 Å². The van der Waals surface area contributed by atoms with E-state index in [1.807, 2.05) is 0 Å². The Morgan fingerprint density at radius 1 is 1.16 bits per heavy atom. The molecular weight excluding hydrogens is 408 g/mol. The van der Waals surface area contributed by atoms with E-state index in [1.54, 1.807) is 5.57 Å². The molecule has 3 saturated carbocycles. The summed E-state index contributed by atoms with van der Waals surface area (Å²) in [5.41, 5.74) is 3.00. The highest BCUT2D eigenvalue weighted by Gasteiger charge is 2.51. The maximum absolute atomic E-state index is 13.7. The number of aliphatic hydroxyl groups is 2. The van der Waals surface area contributed by atoms with Crippen LogP contribution in [0.4, 0.5) is 8.78 Å². The summed E-state index contributed by atoms with van der Waals surface area (Å²) >= 11 is 0.